The number of nitriles is 1. The summed E-state index contributed by atoms with van der Waals surface area (Å²) in [6.07, 6.45) is 1.58. The van der Waals surface area contributed by atoms with Gasteiger partial charge < -0.3 is 14.9 Å². The second-order valence-electron chi connectivity index (χ2n) is 10.2. The number of aliphatic hydroxyl groups excluding tert-OH is 1. The zero-order valence-corrected chi connectivity index (χ0v) is 21.5. The highest BCUT2D eigenvalue weighted by atomic mass is 19.4. The number of halogens is 3. The SMILES string of the molecule is N#Cc1ccc(CCCC(=O)[C@@H]2CCCN2c2cc(N3CCC(CCCO)CC3)nc(C(F)(F)F)n2)cc1. The van der Waals surface area contributed by atoms with Crippen LogP contribution < -0.4 is 9.80 Å². The standard InChI is InChI=1S/C28H34F3N5O2/c29-28(30,31)27-33-25(35-15-12-21(13-16-35)5-3-17-37)18-26(34-27)36-14-2-6-23(36)24(38)7-1-4-20-8-10-22(19-32)11-9-20/h8-11,18,21,23,37H,1-7,12-17H2/t23-/m0/s1. The van der Waals surface area contributed by atoms with Gasteiger partial charge in [0, 0.05) is 38.7 Å². The number of ketones is 1. The van der Waals surface area contributed by atoms with Crippen LogP contribution in [0.15, 0.2) is 30.3 Å². The minimum Gasteiger partial charge on any atom is -0.396 e. The molecule has 0 bridgehead atoms. The van der Waals surface area contributed by atoms with Crippen molar-refractivity contribution < 1.29 is 23.1 Å². The number of hydrogen-bond donors (Lipinski definition) is 1. The van der Waals surface area contributed by atoms with E-state index < -0.39 is 18.0 Å². The van der Waals surface area contributed by atoms with Crippen LogP contribution in [0, 0.1) is 17.2 Å². The molecule has 2 aliphatic heterocycles. The minimum absolute atomic E-state index is 0.00886. The molecule has 2 aliphatic rings. The van der Waals surface area contributed by atoms with Crippen LogP contribution in [-0.2, 0) is 17.4 Å². The van der Waals surface area contributed by atoms with Gasteiger partial charge >= 0.3 is 6.18 Å². The number of aryl methyl sites for hydroxylation is 1. The number of piperidine rings is 1. The zero-order valence-electron chi connectivity index (χ0n) is 21.5. The van der Waals surface area contributed by atoms with Crippen LogP contribution in [0.4, 0.5) is 24.8 Å². The van der Waals surface area contributed by atoms with E-state index in [1.54, 1.807) is 23.1 Å². The molecule has 3 heterocycles. The fraction of sp³-hybridized carbons (Fsp3) is 0.571. The molecule has 204 valence electrons. The minimum atomic E-state index is -4.69. The van der Waals surface area contributed by atoms with Crippen LogP contribution in [0.1, 0.15) is 68.3 Å². The maximum absolute atomic E-state index is 13.8. The van der Waals surface area contributed by atoms with Crippen LogP contribution in [-0.4, -0.2) is 53.1 Å². The summed E-state index contributed by atoms with van der Waals surface area (Å²) in [6, 6.07) is 10.4. The van der Waals surface area contributed by atoms with E-state index in [2.05, 4.69) is 16.0 Å². The van der Waals surface area contributed by atoms with Crippen LogP contribution >= 0.6 is 0 Å². The molecule has 7 nitrogen and oxygen atoms in total. The third-order valence-corrected chi connectivity index (χ3v) is 7.55. The van der Waals surface area contributed by atoms with E-state index >= 15 is 0 Å². The van der Waals surface area contributed by atoms with Crippen molar-refractivity contribution in [3.8, 4) is 6.07 Å². The number of anilines is 2. The van der Waals surface area contributed by atoms with E-state index in [1.165, 1.54) is 0 Å². The van der Waals surface area contributed by atoms with Gasteiger partial charge in [0.15, 0.2) is 5.78 Å². The van der Waals surface area contributed by atoms with Crippen molar-refractivity contribution >= 4 is 17.4 Å². The van der Waals surface area contributed by atoms with Gasteiger partial charge in [0.1, 0.15) is 11.6 Å². The van der Waals surface area contributed by atoms with Crippen LogP contribution in [0.25, 0.3) is 0 Å². The van der Waals surface area contributed by atoms with Crippen molar-refractivity contribution in [2.75, 3.05) is 36.0 Å². The molecule has 0 radical (unpaired) electrons. The fourth-order valence-corrected chi connectivity index (χ4v) is 5.44. The van der Waals surface area contributed by atoms with Gasteiger partial charge in [-0.1, -0.05) is 12.1 Å². The number of alkyl halides is 3. The molecule has 0 spiro atoms. The Hall–Kier alpha value is -3.19. The second-order valence-corrected chi connectivity index (χ2v) is 10.2. The van der Waals surface area contributed by atoms with E-state index in [4.69, 9.17) is 10.4 Å². The van der Waals surface area contributed by atoms with E-state index in [0.29, 0.717) is 63.2 Å². The molecule has 38 heavy (non-hydrogen) atoms. The molecule has 4 rings (SSSR count). The molecule has 0 aliphatic carbocycles. The second kappa shape index (κ2) is 12.6. The maximum atomic E-state index is 13.8. The number of benzene rings is 1. The van der Waals surface area contributed by atoms with Crippen molar-refractivity contribution in [2.45, 2.75) is 70.0 Å². The summed E-state index contributed by atoms with van der Waals surface area (Å²) in [5, 5.41) is 18.0. The first-order chi connectivity index (χ1) is 18.3. The third-order valence-electron chi connectivity index (χ3n) is 7.55. The van der Waals surface area contributed by atoms with Gasteiger partial charge in [-0.2, -0.15) is 18.4 Å². The maximum Gasteiger partial charge on any atom is 0.451 e. The summed E-state index contributed by atoms with van der Waals surface area (Å²) in [5.41, 5.74) is 1.62. The van der Waals surface area contributed by atoms with Crippen molar-refractivity contribution in [1.29, 1.82) is 5.26 Å². The molecule has 1 aromatic carbocycles. The molecule has 0 saturated carbocycles. The molecule has 1 aromatic heterocycles. The summed E-state index contributed by atoms with van der Waals surface area (Å²) < 4.78 is 41.3. The van der Waals surface area contributed by atoms with Crippen LogP contribution in [0.3, 0.4) is 0 Å². The first kappa shape index (κ1) is 27.8. The average molecular weight is 530 g/mol. The Balaban J connectivity index is 1.45. The van der Waals surface area contributed by atoms with Crippen molar-refractivity contribution in [2.24, 2.45) is 5.92 Å². The Bertz CT molecular complexity index is 1120. The topological polar surface area (TPSA) is 93.4 Å². The largest absolute Gasteiger partial charge is 0.451 e. The van der Waals surface area contributed by atoms with Crippen LogP contribution in [0.5, 0.6) is 0 Å². The molecular formula is C28H34F3N5O2. The summed E-state index contributed by atoms with van der Waals surface area (Å²) in [5.74, 6) is -0.304. The number of rotatable bonds is 10. The van der Waals surface area contributed by atoms with Gasteiger partial charge in [-0.15, -0.1) is 0 Å². The van der Waals surface area contributed by atoms with Crippen molar-refractivity contribution in [3.05, 3.63) is 47.3 Å². The number of carbonyl (C=O) groups excluding carboxylic acids is 1. The molecule has 0 amide bonds. The molecule has 1 N–H and O–H groups in total. The van der Waals surface area contributed by atoms with Gasteiger partial charge in [0.25, 0.3) is 0 Å². The highest BCUT2D eigenvalue weighted by molar-refractivity contribution is 5.87. The monoisotopic (exact) mass is 529 g/mol. The number of nitrogens with zero attached hydrogens (tertiary/aromatic N) is 5. The van der Waals surface area contributed by atoms with Gasteiger partial charge in [0.2, 0.25) is 5.82 Å². The quantitative estimate of drug-likeness (QED) is 0.467. The molecule has 10 heteroatoms. The zero-order chi connectivity index (χ0) is 27.1. The van der Waals surface area contributed by atoms with Gasteiger partial charge in [-0.05, 0) is 75.0 Å². The summed E-state index contributed by atoms with van der Waals surface area (Å²) in [7, 11) is 0. The lowest BCUT2D eigenvalue weighted by Crippen LogP contribution is -2.38. The number of hydrogen-bond acceptors (Lipinski definition) is 7. The van der Waals surface area contributed by atoms with E-state index in [-0.39, 0.29) is 24.0 Å². The molecule has 2 fully saturated rings. The predicted molar refractivity (Wildman–Crippen MR) is 138 cm³/mol. The Morgan fingerprint density at radius 2 is 1.76 bits per heavy atom. The predicted octanol–water partition coefficient (Wildman–Crippen LogP) is 4.92. The number of Topliss-reactive ketones (excluding diaryl/α,β-unsaturated/α-hetero) is 1. The highest BCUT2D eigenvalue weighted by Gasteiger charge is 2.38. The highest BCUT2D eigenvalue weighted by Crippen LogP contribution is 2.34. The normalized spacial score (nSPS) is 18.6. The van der Waals surface area contributed by atoms with Gasteiger partial charge in [-0.3, -0.25) is 4.79 Å². The average Bonchev–Trinajstić information content (AvgIpc) is 3.42. The summed E-state index contributed by atoms with van der Waals surface area (Å²) in [4.78, 5) is 24.5. The van der Waals surface area contributed by atoms with E-state index in [0.717, 1.165) is 31.2 Å². The van der Waals surface area contributed by atoms with Crippen molar-refractivity contribution in [1.82, 2.24) is 9.97 Å². The van der Waals surface area contributed by atoms with E-state index in [9.17, 15) is 18.0 Å². The van der Waals surface area contributed by atoms with E-state index in [1.807, 2.05) is 17.0 Å². The smallest absolute Gasteiger partial charge is 0.396 e. The Morgan fingerprint density at radius 3 is 2.42 bits per heavy atom. The molecular weight excluding hydrogens is 495 g/mol. The first-order valence-electron chi connectivity index (χ1n) is 13.4. The fourth-order valence-electron chi connectivity index (χ4n) is 5.44. The van der Waals surface area contributed by atoms with Gasteiger partial charge in [-0.25, -0.2) is 9.97 Å². The number of aromatic nitrogens is 2. The molecule has 2 aromatic rings. The first-order valence-corrected chi connectivity index (χ1v) is 13.4. The number of carbonyl (C=O) groups is 1. The molecule has 0 unspecified atom stereocenters. The molecule has 1 atom stereocenters. The lowest BCUT2D eigenvalue weighted by atomic mass is 9.92. The van der Waals surface area contributed by atoms with Gasteiger partial charge in [0.05, 0.1) is 17.7 Å². The summed E-state index contributed by atoms with van der Waals surface area (Å²) >= 11 is 0. The Kier molecular flexibility index (Phi) is 9.21. The Labute approximate surface area is 221 Å². The third kappa shape index (κ3) is 7.01. The lowest BCUT2D eigenvalue weighted by molar-refractivity contribution is -0.144. The Morgan fingerprint density at radius 1 is 1.05 bits per heavy atom. The molecule has 2 saturated heterocycles. The summed E-state index contributed by atoms with van der Waals surface area (Å²) in [6.45, 7) is 1.82. The lowest BCUT2D eigenvalue weighted by Gasteiger charge is -2.34. The van der Waals surface area contributed by atoms with Crippen molar-refractivity contribution in [3.63, 3.8) is 0 Å². The number of aliphatic hydroxyl groups is 1. The van der Waals surface area contributed by atoms with Crippen LogP contribution in [0.2, 0.25) is 0 Å².